The third-order valence-corrected chi connectivity index (χ3v) is 5.03. The maximum Gasteiger partial charge on any atom is 0.359 e. The quantitative estimate of drug-likeness (QED) is 0.548. The van der Waals surface area contributed by atoms with Crippen LogP contribution in [0.3, 0.4) is 0 Å². The molecule has 0 radical (unpaired) electrons. The van der Waals surface area contributed by atoms with E-state index in [0.29, 0.717) is 11.0 Å². The summed E-state index contributed by atoms with van der Waals surface area (Å²) in [6, 6.07) is 0. The van der Waals surface area contributed by atoms with Crippen molar-refractivity contribution >= 4 is 7.60 Å². The van der Waals surface area contributed by atoms with Crippen LogP contribution in [0.5, 0.6) is 0 Å². The largest absolute Gasteiger partial charge is 0.380 e. The van der Waals surface area contributed by atoms with Crippen LogP contribution in [0.25, 0.3) is 0 Å². The topological polar surface area (TPSA) is 55.8 Å². The van der Waals surface area contributed by atoms with Crippen molar-refractivity contribution in [2.45, 2.75) is 33.5 Å². The van der Waals surface area contributed by atoms with Crippen molar-refractivity contribution in [1.29, 1.82) is 0 Å². The Morgan fingerprint density at radius 3 is 1.83 bits per heavy atom. The third-order valence-electron chi connectivity index (χ3n) is 2.50. The Morgan fingerprint density at radius 2 is 1.56 bits per heavy atom. The van der Waals surface area contributed by atoms with Gasteiger partial charge in [-0.25, -0.2) is 0 Å². The van der Waals surface area contributed by atoms with E-state index < -0.39 is 18.9 Å². The van der Waals surface area contributed by atoms with Crippen molar-refractivity contribution < 1.29 is 23.2 Å². The highest BCUT2D eigenvalue weighted by atomic mass is 31.2. The van der Waals surface area contributed by atoms with Crippen LogP contribution in [0.2, 0.25) is 0 Å². The summed E-state index contributed by atoms with van der Waals surface area (Å²) in [7, 11) is 2.61. The normalized spacial score (nSPS) is 15.8. The van der Waals surface area contributed by atoms with E-state index in [2.05, 4.69) is 0 Å². The van der Waals surface area contributed by atoms with E-state index in [9.17, 15) is 9.67 Å². The Labute approximate surface area is 111 Å². The highest BCUT2D eigenvalue weighted by Crippen LogP contribution is 2.57. The summed E-state index contributed by atoms with van der Waals surface area (Å²) in [5, 5.41) is 10.4. The van der Waals surface area contributed by atoms with Gasteiger partial charge in [0.05, 0.1) is 46.3 Å². The van der Waals surface area contributed by atoms with E-state index >= 15 is 0 Å². The first kappa shape index (κ1) is 18.1. The van der Waals surface area contributed by atoms with Crippen LogP contribution in [-0.4, -0.2) is 56.3 Å². The zero-order valence-electron chi connectivity index (χ0n) is 12.8. The van der Waals surface area contributed by atoms with Crippen molar-refractivity contribution in [3.05, 3.63) is 0 Å². The van der Waals surface area contributed by atoms with Gasteiger partial charge < -0.3 is 18.6 Å². The summed E-state index contributed by atoms with van der Waals surface area (Å²) < 4.78 is 23.6. The maximum atomic E-state index is 12.5. The second kappa shape index (κ2) is 6.49. The molecule has 1 atom stereocenters. The average molecular weight is 282 g/mol. The van der Waals surface area contributed by atoms with Crippen LogP contribution < -0.4 is 0 Å². The zero-order valence-corrected chi connectivity index (χ0v) is 13.7. The van der Waals surface area contributed by atoms with Crippen molar-refractivity contribution in [3.63, 3.8) is 0 Å². The third kappa shape index (κ3) is 5.37. The maximum absolute atomic E-state index is 12.5. The molecule has 1 N–H and O–H groups in total. The van der Waals surface area contributed by atoms with Gasteiger partial charge in [0.2, 0.25) is 0 Å². The molecule has 0 aromatic rings. The predicted octanol–water partition coefficient (Wildman–Crippen LogP) is 2.30. The number of nitrogens with zero attached hydrogens (tertiary/aromatic N) is 1. The number of hydrogen-bond acceptors (Lipinski definition) is 4. The molecule has 0 aliphatic carbocycles. The summed E-state index contributed by atoms with van der Waals surface area (Å²) in [5.41, 5.74) is -0.557. The van der Waals surface area contributed by atoms with Crippen LogP contribution in [0.1, 0.15) is 27.7 Å². The van der Waals surface area contributed by atoms with Gasteiger partial charge in [0.15, 0.2) is 5.85 Å². The van der Waals surface area contributed by atoms with Gasteiger partial charge in [-0.05, 0) is 13.8 Å². The molecule has 0 heterocycles. The zero-order chi connectivity index (χ0) is 14.6. The summed E-state index contributed by atoms with van der Waals surface area (Å²) in [6.45, 7) is 8.43. The molecule has 0 fully saturated rings. The van der Waals surface area contributed by atoms with Gasteiger partial charge in [-0.15, -0.1) is 0 Å². The van der Waals surface area contributed by atoms with Crippen molar-refractivity contribution in [1.82, 2.24) is 0 Å². The second-order valence-corrected chi connectivity index (χ2v) is 8.27. The lowest BCUT2D eigenvalue weighted by molar-refractivity contribution is -0.877. The Hall–Kier alpha value is 0.0700. The minimum absolute atomic E-state index is 0.259. The summed E-state index contributed by atoms with van der Waals surface area (Å²) in [5.74, 6) is -1.12. The van der Waals surface area contributed by atoms with Gasteiger partial charge in [-0.3, -0.25) is 4.57 Å². The number of hydrogen-bond donors (Lipinski definition) is 1. The summed E-state index contributed by atoms with van der Waals surface area (Å²) in [4.78, 5) is 0. The molecule has 0 aromatic heterocycles. The highest BCUT2D eigenvalue weighted by molar-refractivity contribution is 7.54. The van der Waals surface area contributed by atoms with E-state index in [1.807, 2.05) is 35.0 Å². The smallest absolute Gasteiger partial charge is 0.359 e. The van der Waals surface area contributed by atoms with Crippen molar-refractivity contribution in [3.8, 4) is 0 Å². The standard InChI is InChI=1S/C12H29NO4P/c1-8-16-18(15,17-9-2)11(14)12(3,4)10-13(5,6)7/h11,14H,8-10H2,1-7H3/q+1. The van der Waals surface area contributed by atoms with Crippen LogP contribution in [-0.2, 0) is 13.6 Å². The molecule has 0 spiro atoms. The van der Waals surface area contributed by atoms with Gasteiger partial charge in [-0.1, -0.05) is 13.8 Å². The van der Waals surface area contributed by atoms with E-state index in [4.69, 9.17) is 9.05 Å². The summed E-state index contributed by atoms with van der Waals surface area (Å²) >= 11 is 0. The lowest BCUT2D eigenvalue weighted by Crippen LogP contribution is -2.47. The first-order chi connectivity index (χ1) is 7.98. The van der Waals surface area contributed by atoms with Gasteiger partial charge in [0.1, 0.15) is 0 Å². The average Bonchev–Trinajstić information content (AvgIpc) is 2.13. The lowest BCUT2D eigenvalue weighted by atomic mass is 9.93. The number of rotatable bonds is 8. The molecule has 0 amide bonds. The van der Waals surface area contributed by atoms with Crippen LogP contribution in [0, 0.1) is 5.41 Å². The molecule has 0 rings (SSSR count). The van der Waals surface area contributed by atoms with Crippen molar-refractivity contribution in [2.75, 3.05) is 40.9 Å². The van der Waals surface area contributed by atoms with E-state index in [1.54, 1.807) is 13.8 Å². The molecule has 1 unspecified atom stereocenters. The van der Waals surface area contributed by atoms with Gasteiger partial charge in [-0.2, -0.15) is 0 Å². The fourth-order valence-corrected chi connectivity index (χ4v) is 4.29. The second-order valence-electron chi connectivity index (χ2n) is 6.19. The number of aliphatic hydroxyl groups is 1. The van der Waals surface area contributed by atoms with Crippen LogP contribution in [0.15, 0.2) is 0 Å². The Morgan fingerprint density at radius 1 is 1.17 bits per heavy atom. The fraction of sp³-hybridized carbons (Fsp3) is 1.00. The van der Waals surface area contributed by atoms with E-state index in [0.717, 1.165) is 0 Å². The first-order valence-corrected chi connectivity index (χ1v) is 7.97. The van der Waals surface area contributed by atoms with Gasteiger partial charge in [0, 0.05) is 0 Å². The molecular formula is C12H29NO4P+. The summed E-state index contributed by atoms with van der Waals surface area (Å²) in [6.07, 6.45) is 0. The van der Waals surface area contributed by atoms with Gasteiger partial charge in [0.25, 0.3) is 0 Å². The molecule has 0 saturated heterocycles. The molecule has 6 heteroatoms. The monoisotopic (exact) mass is 282 g/mol. The number of aliphatic hydroxyl groups excluding tert-OH is 1. The molecule has 0 aliphatic rings. The van der Waals surface area contributed by atoms with E-state index in [-0.39, 0.29) is 13.2 Å². The molecule has 0 aromatic carbocycles. The van der Waals surface area contributed by atoms with Gasteiger partial charge >= 0.3 is 7.60 Å². The molecule has 110 valence electrons. The molecule has 0 aliphatic heterocycles. The highest BCUT2D eigenvalue weighted by Gasteiger charge is 2.47. The van der Waals surface area contributed by atoms with Crippen molar-refractivity contribution in [2.24, 2.45) is 5.41 Å². The molecule has 0 saturated carbocycles. The molecule has 18 heavy (non-hydrogen) atoms. The minimum Gasteiger partial charge on any atom is -0.380 e. The molecule has 5 nitrogen and oxygen atoms in total. The Balaban J connectivity index is 5.06. The lowest BCUT2D eigenvalue weighted by Gasteiger charge is -2.39. The fourth-order valence-electron chi connectivity index (χ4n) is 2.27. The Kier molecular flexibility index (Phi) is 6.51. The van der Waals surface area contributed by atoms with Crippen LogP contribution in [0.4, 0.5) is 0 Å². The SMILES string of the molecule is CCOP(=O)(OCC)C(O)C(C)(C)C[N+](C)(C)C. The number of quaternary nitrogens is 1. The molecular weight excluding hydrogens is 253 g/mol. The van der Waals surface area contributed by atoms with Crippen LogP contribution >= 0.6 is 7.60 Å². The minimum atomic E-state index is -3.47. The van der Waals surface area contributed by atoms with E-state index in [1.165, 1.54) is 0 Å². The molecule has 0 bridgehead atoms. The predicted molar refractivity (Wildman–Crippen MR) is 73.5 cm³/mol. The Bertz CT molecular complexity index is 289. The first-order valence-electron chi connectivity index (χ1n) is 6.36.